The van der Waals surface area contributed by atoms with Crippen molar-refractivity contribution in [3.63, 3.8) is 0 Å². The van der Waals surface area contributed by atoms with E-state index < -0.39 is 11.7 Å². The lowest BCUT2D eigenvalue weighted by molar-refractivity contribution is -0.137. The Hall–Kier alpha value is -1.30. The number of hydrogen-bond acceptors (Lipinski definition) is 3. The quantitative estimate of drug-likeness (QED) is 0.839. The number of aliphatic hydroxyl groups excluding tert-OH is 1. The Morgan fingerprint density at radius 1 is 1.47 bits per heavy atom. The Kier molecular flexibility index (Phi) is 3.52. The second-order valence-corrected chi connectivity index (χ2v) is 3.05. The number of alkyl halides is 3. The summed E-state index contributed by atoms with van der Waals surface area (Å²) in [6.45, 7) is 0.114. The second kappa shape index (κ2) is 4.48. The minimum absolute atomic E-state index is 0.131. The van der Waals surface area contributed by atoms with E-state index >= 15 is 0 Å². The van der Waals surface area contributed by atoms with Crippen molar-refractivity contribution in [2.75, 3.05) is 25.1 Å². The molecule has 3 nitrogen and oxygen atoms in total. The molecule has 0 amide bonds. The monoisotopic (exact) mass is 220 g/mol. The lowest BCUT2D eigenvalue weighted by Crippen LogP contribution is -2.22. The molecule has 0 atom stereocenters. The molecule has 1 aromatic rings. The topological polar surface area (TPSA) is 36.4 Å². The van der Waals surface area contributed by atoms with E-state index in [1.54, 1.807) is 7.05 Å². The first-order valence-electron chi connectivity index (χ1n) is 4.30. The third kappa shape index (κ3) is 3.09. The highest BCUT2D eigenvalue weighted by molar-refractivity contribution is 5.40. The molecule has 0 fully saturated rings. The Bertz CT molecular complexity index is 327. The number of anilines is 1. The van der Waals surface area contributed by atoms with Gasteiger partial charge < -0.3 is 10.0 Å². The van der Waals surface area contributed by atoms with Gasteiger partial charge in [-0.25, -0.2) is 4.98 Å². The normalized spacial score (nSPS) is 11.5. The van der Waals surface area contributed by atoms with Gasteiger partial charge in [0.15, 0.2) is 0 Å². The van der Waals surface area contributed by atoms with Crippen LogP contribution in [0.15, 0.2) is 18.3 Å². The average molecular weight is 220 g/mol. The van der Waals surface area contributed by atoms with Gasteiger partial charge >= 0.3 is 6.18 Å². The lowest BCUT2D eigenvalue weighted by Gasteiger charge is -2.17. The van der Waals surface area contributed by atoms with E-state index in [4.69, 9.17) is 5.11 Å². The summed E-state index contributed by atoms with van der Waals surface area (Å²) in [5.41, 5.74) is -0.739. The molecule has 1 rings (SSSR count). The smallest absolute Gasteiger partial charge is 0.395 e. The number of rotatable bonds is 3. The number of aliphatic hydroxyl groups is 1. The van der Waals surface area contributed by atoms with Gasteiger partial charge in [0, 0.05) is 19.8 Å². The van der Waals surface area contributed by atoms with E-state index in [0.717, 1.165) is 18.3 Å². The van der Waals surface area contributed by atoms with Crippen LogP contribution >= 0.6 is 0 Å². The number of nitrogens with zero attached hydrogens (tertiary/aromatic N) is 2. The van der Waals surface area contributed by atoms with Crippen LogP contribution < -0.4 is 4.90 Å². The Labute approximate surface area is 85.2 Å². The summed E-state index contributed by atoms with van der Waals surface area (Å²) in [6.07, 6.45) is -3.26. The van der Waals surface area contributed by atoms with Crippen LogP contribution in [0.3, 0.4) is 0 Å². The van der Waals surface area contributed by atoms with Crippen LogP contribution in [-0.4, -0.2) is 30.3 Å². The standard InChI is InChI=1S/C9H11F3N2O/c1-14(4-5-15)8-6-7(2-3-13-8)9(10,11)12/h2-3,6,15H,4-5H2,1H3. The summed E-state index contributed by atoms with van der Waals surface area (Å²) in [6, 6.07) is 1.87. The Morgan fingerprint density at radius 3 is 2.67 bits per heavy atom. The zero-order valence-corrected chi connectivity index (χ0v) is 8.12. The maximum Gasteiger partial charge on any atom is 0.416 e. The van der Waals surface area contributed by atoms with Gasteiger partial charge in [0.1, 0.15) is 5.82 Å². The number of pyridine rings is 1. The first-order chi connectivity index (χ1) is 6.95. The van der Waals surface area contributed by atoms with E-state index in [1.165, 1.54) is 4.90 Å². The van der Waals surface area contributed by atoms with Crippen molar-refractivity contribution in [3.8, 4) is 0 Å². The van der Waals surface area contributed by atoms with Gasteiger partial charge in [-0.3, -0.25) is 0 Å². The molecular weight excluding hydrogens is 209 g/mol. The van der Waals surface area contributed by atoms with Crippen molar-refractivity contribution in [2.24, 2.45) is 0 Å². The summed E-state index contributed by atoms with van der Waals surface area (Å²) < 4.78 is 37.0. The van der Waals surface area contributed by atoms with Crippen LogP contribution in [0.25, 0.3) is 0 Å². The molecule has 0 aliphatic rings. The number of halogens is 3. The van der Waals surface area contributed by atoms with Crippen LogP contribution in [0, 0.1) is 0 Å². The summed E-state index contributed by atoms with van der Waals surface area (Å²) >= 11 is 0. The summed E-state index contributed by atoms with van der Waals surface area (Å²) in [5, 5.41) is 8.64. The van der Waals surface area contributed by atoms with Crippen molar-refractivity contribution in [2.45, 2.75) is 6.18 Å². The molecule has 15 heavy (non-hydrogen) atoms. The van der Waals surface area contributed by atoms with Gasteiger partial charge in [0.2, 0.25) is 0 Å². The SMILES string of the molecule is CN(CCO)c1cc(C(F)(F)F)ccn1. The first-order valence-corrected chi connectivity index (χ1v) is 4.30. The molecule has 0 aliphatic carbocycles. The minimum Gasteiger partial charge on any atom is -0.395 e. The van der Waals surface area contributed by atoms with Crippen LogP contribution in [-0.2, 0) is 6.18 Å². The lowest BCUT2D eigenvalue weighted by atomic mass is 10.2. The average Bonchev–Trinajstić information content (AvgIpc) is 2.17. The number of hydrogen-bond donors (Lipinski definition) is 1. The molecule has 1 N–H and O–H groups in total. The maximum atomic E-state index is 12.3. The van der Waals surface area contributed by atoms with Crippen LogP contribution in [0.4, 0.5) is 19.0 Å². The molecule has 1 heterocycles. The van der Waals surface area contributed by atoms with Gasteiger partial charge in [-0.15, -0.1) is 0 Å². The van der Waals surface area contributed by atoms with Crippen LogP contribution in [0.1, 0.15) is 5.56 Å². The highest BCUT2D eigenvalue weighted by Gasteiger charge is 2.30. The van der Waals surface area contributed by atoms with Gasteiger partial charge in [-0.1, -0.05) is 0 Å². The summed E-state index contributed by atoms with van der Waals surface area (Å²) in [5.74, 6) is 0.193. The van der Waals surface area contributed by atoms with Crippen molar-refractivity contribution in [1.82, 2.24) is 4.98 Å². The minimum atomic E-state index is -4.36. The second-order valence-electron chi connectivity index (χ2n) is 3.05. The predicted octanol–water partition coefficient (Wildman–Crippen LogP) is 1.53. The fraction of sp³-hybridized carbons (Fsp3) is 0.444. The molecule has 0 radical (unpaired) electrons. The molecule has 6 heteroatoms. The van der Waals surface area contributed by atoms with Crippen LogP contribution in [0.5, 0.6) is 0 Å². The maximum absolute atomic E-state index is 12.3. The molecule has 0 saturated carbocycles. The van der Waals surface area contributed by atoms with E-state index in [1.807, 2.05) is 0 Å². The fourth-order valence-corrected chi connectivity index (χ4v) is 1.07. The van der Waals surface area contributed by atoms with Crippen molar-refractivity contribution >= 4 is 5.82 Å². The third-order valence-electron chi connectivity index (χ3n) is 1.90. The highest BCUT2D eigenvalue weighted by Crippen LogP contribution is 2.30. The third-order valence-corrected chi connectivity index (χ3v) is 1.90. The Balaban J connectivity index is 2.92. The van der Waals surface area contributed by atoms with Gasteiger partial charge in [0.05, 0.1) is 12.2 Å². The van der Waals surface area contributed by atoms with Gasteiger partial charge in [0.25, 0.3) is 0 Å². The number of aromatic nitrogens is 1. The number of likely N-dealkylation sites (N-methyl/N-ethyl adjacent to an activating group) is 1. The largest absolute Gasteiger partial charge is 0.416 e. The van der Waals surface area contributed by atoms with E-state index in [-0.39, 0.29) is 19.0 Å². The molecule has 0 saturated heterocycles. The van der Waals surface area contributed by atoms with Crippen molar-refractivity contribution in [1.29, 1.82) is 0 Å². The fourth-order valence-electron chi connectivity index (χ4n) is 1.07. The molecule has 1 aromatic heterocycles. The van der Waals surface area contributed by atoms with Crippen LogP contribution in [0.2, 0.25) is 0 Å². The zero-order chi connectivity index (χ0) is 11.5. The molecule has 0 unspecified atom stereocenters. The van der Waals surface area contributed by atoms with E-state index in [0.29, 0.717) is 0 Å². The summed E-state index contributed by atoms with van der Waals surface area (Å²) in [4.78, 5) is 5.24. The van der Waals surface area contributed by atoms with E-state index in [2.05, 4.69) is 4.98 Å². The predicted molar refractivity (Wildman–Crippen MR) is 49.6 cm³/mol. The Morgan fingerprint density at radius 2 is 2.13 bits per heavy atom. The van der Waals surface area contributed by atoms with Gasteiger partial charge in [-0.05, 0) is 12.1 Å². The molecule has 0 aliphatic heterocycles. The van der Waals surface area contributed by atoms with Gasteiger partial charge in [-0.2, -0.15) is 13.2 Å². The summed E-state index contributed by atoms with van der Waals surface area (Å²) in [7, 11) is 1.57. The molecule has 0 bridgehead atoms. The zero-order valence-electron chi connectivity index (χ0n) is 8.12. The van der Waals surface area contributed by atoms with Crippen molar-refractivity contribution < 1.29 is 18.3 Å². The van der Waals surface area contributed by atoms with Crippen molar-refractivity contribution in [3.05, 3.63) is 23.9 Å². The highest BCUT2D eigenvalue weighted by atomic mass is 19.4. The molecule has 84 valence electrons. The molecule has 0 aromatic carbocycles. The van der Waals surface area contributed by atoms with E-state index in [9.17, 15) is 13.2 Å². The molecule has 0 spiro atoms. The first kappa shape index (κ1) is 11.8. The molecular formula is C9H11F3N2O.